The smallest absolute Gasteiger partial charge is 0.143 e. The number of nitrogens with two attached hydrogens (primary N) is 2. The molecule has 44 heavy (non-hydrogen) atoms. The van der Waals surface area contributed by atoms with E-state index < -0.39 is 0 Å². The molecule has 0 unspecified atom stereocenters. The van der Waals surface area contributed by atoms with Crippen molar-refractivity contribution in [3.8, 4) is 58.2 Å². The van der Waals surface area contributed by atoms with Gasteiger partial charge in [-0.15, -0.1) is 0 Å². The summed E-state index contributed by atoms with van der Waals surface area (Å²) in [4.78, 5) is 0. The zero-order valence-electron chi connectivity index (χ0n) is 23.4. The van der Waals surface area contributed by atoms with Gasteiger partial charge in [-0.05, 0) is 78.2 Å². The van der Waals surface area contributed by atoms with Crippen LogP contribution in [0.25, 0.3) is 10.8 Å². The average Bonchev–Trinajstić information content (AvgIpc) is 3.03. The molecule has 6 rings (SSSR count). The van der Waals surface area contributed by atoms with Crippen molar-refractivity contribution >= 4 is 22.1 Å². The highest BCUT2D eigenvalue weighted by Gasteiger charge is 2.13. The molecule has 6 aromatic carbocycles. The van der Waals surface area contributed by atoms with Gasteiger partial charge in [0.15, 0.2) is 0 Å². The number of rotatable bonds is 4. The molecule has 0 atom stereocenters. The molecule has 0 aliphatic heterocycles. The van der Waals surface area contributed by atoms with Gasteiger partial charge < -0.3 is 31.2 Å². The van der Waals surface area contributed by atoms with Gasteiger partial charge >= 0.3 is 0 Å². The van der Waals surface area contributed by atoms with Crippen LogP contribution >= 0.6 is 0 Å². The number of phenols is 2. The molecule has 0 amide bonds. The van der Waals surface area contributed by atoms with Gasteiger partial charge in [0.05, 0.1) is 16.9 Å². The van der Waals surface area contributed by atoms with Crippen molar-refractivity contribution in [1.82, 2.24) is 0 Å². The number of phenolic OH excluding ortho intramolecular Hbond substituents is 2. The SMILES string of the molecule is Nc1cc(Oc2cc(C#Cc3ccccc3)c3cc(Oc4ccc(O)c(N)c4)c(C#Cc4ccccc4)cc3c2)ccc1O. The molecular weight excluding hydrogens is 548 g/mol. The Labute approximate surface area is 254 Å². The molecule has 0 saturated heterocycles. The summed E-state index contributed by atoms with van der Waals surface area (Å²) in [5, 5.41) is 21.4. The summed E-state index contributed by atoms with van der Waals surface area (Å²) >= 11 is 0. The standard InChI is InChI=1S/C38H26N2O4/c39-34-22-30(15-17-36(34)41)43-32-20-27(13-11-25-7-3-1-4-8-25)33-24-38(44-31-16-18-37(42)35(40)23-31)28(19-29(33)21-32)14-12-26-9-5-2-6-10-26/h1-10,15-24,41-42H,39-40H2. The number of fused-ring (bicyclic) bond motifs is 1. The van der Waals surface area contributed by atoms with Crippen LogP contribution in [0.5, 0.6) is 34.5 Å². The summed E-state index contributed by atoms with van der Waals surface area (Å²) in [6, 6.07) is 36.3. The van der Waals surface area contributed by atoms with Crippen molar-refractivity contribution in [1.29, 1.82) is 0 Å². The first-order valence-corrected chi connectivity index (χ1v) is 13.7. The topological polar surface area (TPSA) is 111 Å². The number of anilines is 2. The highest BCUT2D eigenvalue weighted by atomic mass is 16.5. The van der Waals surface area contributed by atoms with Crippen molar-refractivity contribution in [3.05, 3.63) is 144 Å². The van der Waals surface area contributed by atoms with E-state index >= 15 is 0 Å². The number of hydrogen-bond donors (Lipinski definition) is 4. The first-order valence-electron chi connectivity index (χ1n) is 13.7. The molecule has 0 saturated carbocycles. The Morgan fingerprint density at radius 1 is 0.477 bits per heavy atom. The molecule has 0 spiro atoms. The Hall–Kier alpha value is -6.50. The van der Waals surface area contributed by atoms with Crippen LogP contribution in [0.1, 0.15) is 22.3 Å². The van der Waals surface area contributed by atoms with Crippen molar-refractivity contribution in [2.75, 3.05) is 11.5 Å². The van der Waals surface area contributed by atoms with E-state index in [9.17, 15) is 10.2 Å². The number of aromatic hydroxyl groups is 2. The van der Waals surface area contributed by atoms with E-state index in [1.165, 1.54) is 12.1 Å². The predicted octanol–water partition coefficient (Wildman–Crippen LogP) is 7.80. The molecule has 0 fully saturated rings. The van der Waals surface area contributed by atoms with Gasteiger partial charge in [-0.25, -0.2) is 0 Å². The summed E-state index contributed by atoms with van der Waals surface area (Å²) in [5.41, 5.74) is 15.3. The maximum absolute atomic E-state index is 9.92. The predicted molar refractivity (Wildman–Crippen MR) is 174 cm³/mol. The van der Waals surface area contributed by atoms with E-state index in [0.717, 1.165) is 21.9 Å². The third-order valence-electron chi connectivity index (χ3n) is 6.72. The minimum absolute atomic E-state index is 0.0187. The van der Waals surface area contributed by atoms with Crippen molar-refractivity contribution in [3.63, 3.8) is 0 Å². The molecule has 6 N–H and O–H groups in total. The monoisotopic (exact) mass is 574 g/mol. The molecule has 0 radical (unpaired) electrons. The lowest BCUT2D eigenvalue weighted by atomic mass is 10.00. The first-order chi connectivity index (χ1) is 21.4. The maximum Gasteiger partial charge on any atom is 0.143 e. The molecule has 6 aromatic rings. The second-order valence-corrected chi connectivity index (χ2v) is 9.92. The highest BCUT2D eigenvalue weighted by molar-refractivity contribution is 5.92. The normalized spacial score (nSPS) is 10.3. The number of nitrogen functional groups attached to an aromatic ring is 2. The van der Waals surface area contributed by atoms with Crippen molar-refractivity contribution < 1.29 is 19.7 Å². The molecule has 0 heterocycles. The lowest BCUT2D eigenvalue weighted by Gasteiger charge is -2.14. The average molecular weight is 575 g/mol. The Morgan fingerprint density at radius 2 is 1.02 bits per heavy atom. The lowest BCUT2D eigenvalue weighted by molar-refractivity contribution is 0.466. The molecule has 6 heteroatoms. The van der Waals surface area contributed by atoms with Crippen LogP contribution < -0.4 is 20.9 Å². The van der Waals surface area contributed by atoms with E-state index in [4.69, 9.17) is 20.9 Å². The maximum atomic E-state index is 9.92. The Balaban J connectivity index is 1.52. The summed E-state index contributed by atoms with van der Waals surface area (Å²) < 4.78 is 12.5. The largest absolute Gasteiger partial charge is 0.506 e. The molecule has 212 valence electrons. The second kappa shape index (κ2) is 12.2. The summed E-state index contributed by atoms with van der Waals surface area (Å²) in [6.07, 6.45) is 0. The van der Waals surface area contributed by atoms with Crippen LogP contribution in [0.2, 0.25) is 0 Å². The van der Waals surface area contributed by atoms with Crippen LogP contribution in [0.4, 0.5) is 11.4 Å². The molecule has 6 nitrogen and oxygen atoms in total. The van der Waals surface area contributed by atoms with Crippen LogP contribution in [0, 0.1) is 23.7 Å². The molecular formula is C38H26N2O4. The number of hydrogen-bond acceptors (Lipinski definition) is 6. The minimum atomic E-state index is -0.0265. The summed E-state index contributed by atoms with van der Waals surface area (Å²) in [6.45, 7) is 0. The van der Waals surface area contributed by atoms with Gasteiger partial charge in [0.25, 0.3) is 0 Å². The first kappa shape index (κ1) is 27.7. The van der Waals surface area contributed by atoms with Crippen LogP contribution in [0.3, 0.4) is 0 Å². The second-order valence-electron chi connectivity index (χ2n) is 9.92. The molecule has 0 aliphatic carbocycles. The van der Waals surface area contributed by atoms with Crippen molar-refractivity contribution in [2.24, 2.45) is 0 Å². The fraction of sp³-hybridized carbons (Fsp3) is 0. The number of ether oxygens (including phenoxy) is 2. The van der Waals surface area contributed by atoms with E-state index in [1.54, 1.807) is 24.3 Å². The van der Waals surface area contributed by atoms with Crippen LogP contribution in [-0.2, 0) is 0 Å². The third-order valence-corrected chi connectivity index (χ3v) is 6.72. The Bertz CT molecular complexity index is 2120. The zero-order valence-corrected chi connectivity index (χ0v) is 23.4. The van der Waals surface area contributed by atoms with Gasteiger partial charge in [-0.3, -0.25) is 0 Å². The zero-order chi connectivity index (χ0) is 30.5. The van der Waals surface area contributed by atoms with Gasteiger partial charge in [-0.1, -0.05) is 60.1 Å². The number of benzene rings is 6. The van der Waals surface area contributed by atoms with E-state index in [-0.39, 0.29) is 22.9 Å². The summed E-state index contributed by atoms with van der Waals surface area (Å²) in [7, 11) is 0. The fourth-order valence-corrected chi connectivity index (χ4v) is 4.49. The quantitative estimate of drug-likeness (QED) is 0.0971. The van der Waals surface area contributed by atoms with Gasteiger partial charge in [-0.2, -0.15) is 0 Å². The summed E-state index contributed by atoms with van der Waals surface area (Å²) in [5.74, 6) is 14.9. The van der Waals surface area contributed by atoms with Crippen LogP contribution in [-0.4, -0.2) is 10.2 Å². The minimum Gasteiger partial charge on any atom is -0.506 e. The van der Waals surface area contributed by atoms with Gasteiger partial charge in [0.1, 0.15) is 34.5 Å². The Morgan fingerprint density at radius 3 is 1.59 bits per heavy atom. The molecule has 0 aliphatic rings. The highest BCUT2D eigenvalue weighted by Crippen LogP contribution is 2.37. The van der Waals surface area contributed by atoms with E-state index in [2.05, 4.69) is 23.7 Å². The van der Waals surface area contributed by atoms with Crippen molar-refractivity contribution in [2.45, 2.75) is 0 Å². The van der Waals surface area contributed by atoms with E-state index in [1.807, 2.05) is 84.9 Å². The molecule has 0 bridgehead atoms. The Kier molecular flexibility index (Phi) is 7.65. The van der Waals surface area contributed by atoms with Crippen LogP contribution in [0.15, 0.2) is 121 Å². The fourth-order valence-electron chi connectivity index (χ4n) is 4.49. The third kappa shape index (κ3) is 6.36. The van der Waals surface area contributed by atoms with Gasteiger partial charge in [0, 0.05) is 34.2 Å². The lowest BCUT2D eigenvalue weighted by Crippen LogP contribution is -1.94. The van der Waals surface area contributed by atoms with E-state index in [0.29, 0.717) is 34.1 Å². The molecule has 0 aromatic heterocycles. The van der Waals surface area contributed by atoms with Gasteiger partial charge in [0.2, 0.25) is 0 Å².